The Morgan fingerprint density at radius 2 is 2.15 bits per heavy atom. The Kier molecular flexibility index (Phi) is 1.92. The van der Waals surface area contributed by atoms with Gasteiger partial charge in [0.15, 0.2) is 0 Å². The summed E-state index contributed by atoms with van der Waals surface area (Å²) in [5, 5.41) is 5.73. The van der Waals surface area contributed by atoms with Gasteiger partial charge in [-0.2, -0.15) is 5.10 Å². The van der Waals surface area contributed by atoms with Gasteiger partial charge in [-0.25, -0.2) is 0 Å². The summed E-state index contributed by atoms with van der Waals surface area (Å²) in [5.74, 6) is 5.06. The zero-order chi connectivity index (χ0) is 9.10. The number of hydrogen-bond acceptors (Lipinski definition) is 3. The van der Waals surface area contributed by atoms with Crippen LogP contribution >= 0.6 is 0 Å². The monoisotopic (exact) mass is 171 g/mol. The van der Waals surface area contributed by atoms with E-state index in [1.165, 1.54) is 5.39 Å². The molecule has 64 valence electrons. The quantitative estimate of drug-likeness (QED) is 0.402. The number of nitrogens with two attached hydrogens (primary N) is 1. The molecular weight excluding hydrogens is 162 g/mol. The van der Waals surface area contributed by atoms with Crippen LogP contribution in [-0.4, -0.2) is 11.2 Å². The van der Waals surface area contributed by atoms with Crippen molar-refractivity contribution in [2.75, 3.05) is 0 Å². The number of fused-ring (bicyclic) bond motifs is 1. The number of rotatable bonds is 1. The third-order valence-electron chi connectivity index (χ3n) is 1.89. The summed E-state index contributed by atoms with van der Waals surface area (Å²) >= 11 is 0. The lowest BCUT2D eigenvalue weighted by Gasteiger charge is -1.97. The van der Waals surface area contributed by atoms with Crippen LogP contribution in [0.3, 0.4) is 0 Å². The van der Waals surface area contributed by atoms with Crippen LogP contribution in [0.4, 0.5) is 0 Å². The lowest BCUT2D eigenvalue weighted by atomic mass is 10.1. The molecule has 0 saturated carbocycles. The summed E-state index contributed by atoms with van der Waals surface area (Å²) in [7, 11) is 0. The zero-order valence-electron chi connectivity index (χ0n) is 7.01. The van der Waals surface area contributed by atoms with Crippen molar-refractivity contribution in [1.82, 2.24) is 4.98 Å². The van der Waals surface area contributed by atoms with Crippen LogP contribution in [0.15, 0.2) is 41.8 Å². The largest absolute Gasteiger partial charge is 0.323 e. The van der Waals surface area contributed by atoms with Gasteiger partial charge >= 0.3 is 0 Å². The van der Waals surface area contributed by atoms with Gasteiger partial charge in [0.1, 0.15) is 0 Å². The van der Waals surface area contributed by atoms with E-state index < -0.39 is 0 Å². The van der Waals surface area contributed by atoms with Gasteiger partial charge in [0.25, 0.3) is 0 Å². The van der Waals surface area contributed by atoms with Gasteiger partial charge in [0, 0.05) is 17.8 Å². The Morgan fingerprint density at radius 3 is 3.00 bits per heavy atom. The first-order valence-corrected chi connectivity index (χ1v) is 3.97. The fraction of sp³-hybridized carbons (Fsp3) is 0. The first-order valence-electron chi connectivity index (χ1n) is 3.97. The highest BCUT2D eigenvalue weighted by molar-refractivity contribution is 5.89. The van der Waals surface area contributed by atoms with Crippen molar-refractivity contribution in [3.05, 3.63) is 42.2 Å². The second kappa shape index (κ2) is 3.23. The average molecular weight is 171 g/mol. The smallest absolute Gasteiger partial charge is 0.0538 e. The maximum Gasteiger partial charge on any atom is 0.0538 e. The van der Waals surface area contributed by atoms with Crippen LogP contribution in [0.5, 0.6) is 0 Å². The van der Waals surface area contributed by atoms with Crippen molar-refractivity contribution in [2.45, 2.75) is 0 Å². The van der Waals surface area contributed by atoms with E-state index in [9.17, 15) is 0 Å². The van der Waals surface area contributed by atoms with Gasteiger partial charge in [-0.15, -0.1) is 0 Å². The third-order valence-corrected chi connectivity index (χ3v) is 1.89. The third kappa shape index (κ3) is 1.49. The van der Waals surface area contributed by atoms with Crippen LogP contribution in [0.25, 0.3) is 10.8 Å². The van der Waals surface area contributed by atoms with E-state index in [2.05, 4.69) is 10.1 Å². The van der Waals surface area contributed by atoms with Crippen LogP contribution in [-0.2, 0) is 0 Å². The highest BCUT2D eigenvalue weighted by atomic mass is 15.1. The van der Waals surface area contributed by atoms with Crippen LogP contribution < -0.4 is 5.84 Å². The molecule has 0 fully saturated rings. The maximum atomic E-state index is 5.06. The van der Waals surface area contributed by atoms with E-state index in [1.807, 2.05) is 30.5 Å². The molecule has 2 rings (SSSR count). The van der Waals surface area contributed by atoms with E-state index in [0.29, 0.717) is 0 Å². The molecule has 1 aromatic carbocycles. The molecule has 0 spiro atoms. The van der Waals surface area contributed by atoms with Gasteiger partial charge in [-0.3, -0.25) is 4.98 Å². The van der Waals surface area contributed by atoms with Crippen molar-refractivity contribution < 1.29 is 0 Å². The minimum absolute atomic E-state index is 0.989. The molecule has 0 aliphatic carbocycles. The Morgan fingerprint density at radius 1 is 1.23 bits per heavy atom. The van der Waals surface area contributed by atoms with Gasteiger partial charge < -0.3 is 5.84 Å². The number of benzene rings is 1. The summed E-state index contributed by atoms with van der Waals surface area (Å²) in [5.41, 5.74) is 0.989. The van der Waals surface area contributed by atoms with Crippen LogP contribution in [0.2, 0.25) is 0 Å². The minimum Gasteiger partial charge on any atom is -0.323 e. The molecule has 0 radical (unpaired) electrons. The molecule has 2 aromatic rings. The second-order valence-corrected chi connectivity index (χ2v) is 2.76. The predicted molar refractivity (Wildman–Crippen MR) is 53.5 cm³/mol. The van der Waals surface area contributed by atoms with E-state index in [0.717, 1.165) is 10.9 Å². The molecule has 13 heavy (non-hydrogen) atoms. The lowest BCUT2D eigenvalue weighted by molar-refractivity contribution is 1.26. The number of pyridine rings is 1. The van der Waals surface area contributed by atoms with E-state index in [1.54, 1.807) is 12.4 Å². The SMILES string of the molecule is NN=Cc1ccc2ccncc2c1. The molecule has 2 N–H and O–H groups in total. The highest BCUT2D eigenvalue weighted by Crippen LogP contribution is 2.12. The molecule has 1 heterocycles. The fourth-order valence-corrected chi connectivity index (χ4v) is 1.27. The molecule has 0 unspecified atom stereocenters. The molecule has 0 aliphatic rings. The molecule has 0 saturated heterocycles. The summed E-state index contributed by atoms with van der Waals surface area (Å²) in [4.78, 5) is 4.04. The first-order chi connectivity index (χ1) is 6.40. The molecular formula is C10H9N3. The fourth-order valence-electron chi connectivity index (χ4n) is 1.27. The molecule has 0 bridgehead atoms. The molecule has 1 aromatic heterocycles. The Hall–Kier alpha value is -1.90. The molecule has 3 heteroatoms. The molecule has 0 atom stereocenters. The molecule has 0 aliphatic heterocycles. The van der Waals surface area contributed by atoms with E-state index in [4.69, 9.17) is 5.84 Å². The van der Waals surface area contributed by atoms with Crippen LogP contribution in [0.1, 0.15) is 5.56 Å². The van der Waals surface area contributed by atoms with E-state index >= 15 is 0 Å². The zero-order valence-corrected chi connectivity index (χ0v) is 7.01. The van der Waals surface area contributed by atoms with E-state index in [-0.39, 0.29) is 0 Å². The van der Waals surface area contributed by atoms with Gasteiger partial charge in [0.05, 0.1) is 6.21 Å². The number of nitrogens with zero attached hydrogens (tertiary/aromatic N) is 2. The topological polar surface area (TPSA) is 51.3 Å². The van der Waals surface area contributed by atoms with Gasteiger partial charge in [0.2, 0.25) is 0 Å². The molecule has 0 amide bonds. The van der Waals surface area contributed by atoms with Crippen molar-refractivity contribution in [2.24, 2.45) is 10.9 Å². The lowest BCUT2D eigenvalue weighted by Crippen LogP contribution is -1.86. The standard InChI is InChI=1S/C10H9N3/c11-13-6-8-1-2-9-3-4-12-7-10(9)5-8/h1-7H,11H2. The summed E-state index contributed by atoms with van der Waals surface area (Å²) in [6.07, 6.45) is 5.22. The minimum atomic E-state index is 0.989. The van der Waals surface area contributed by atoms with Crippen LogP contribution in [0, 0.1) is 0 Å². The summed E-state index contributed by atoms with van der Waals surface area (Å²) in [6.45, 7) is 0. The van der Waals surface area contributed by atoms with Gasteiger partial charge in [-0.1, -0.05) is 12.1 Å². The Labute approximate surface area is 75.9 Å². The average Bonchev–Trinajstić information content (AvgIpc) is 2.18. The number of aromatic nitrogens is 1. The number of hydrogen-bond donors (Lipinski definition) is 1. The van der Waals surface area contributed by atoms with Crippen molar-refractivity contribution in [3.8, 4) is 0 Å². The summed E-state index contributed by atoms with van der Waals surface area (Å²) < 4.78 is 0. The van der Waals surface area contributed by atoms with Crippen molar-refractivity contribution >= 4 is 17.0 Å². The maximum absolute atomic E-state index is 5.06. The first kappa shape index (κ1) is 7.73. The summed E-state index contributed by atoms with van der Waals surface area (Å²) in [6, 6.07) is 7.96. The number of hydrazone groups is 1. The van der Waals surface area contributed by atoms with Crippen molar-refractivity contribution in [1.29, 1.82) is 0 Å². The predicted octanol–water partition coefficient (Wildman–Crippen LogP) is 1.53. The van der Waals surface area contributed by atoms with Gasteiger partial charge in [-0.05, 0) is 23.1 Å². The molecule has 3 nitrogen and oxygen atoms in total. The second-order valence-electron chi connectivity index (χ2n) is 2.76. The Bertz CT molecular complexity index is 449. The Balaban J connectivity index is 2.62. The normalized spacial score (nSPS) is 11.1. The van der Waals surface area contributed by atoms with Crippen molar-refractivity contribution in [3.63, 3.8) is 0 Å². The highest BCUT2D eigenvalue weighted by Gasteiger charge is 1.92.